The Morgan fingerprint density at radius 2 is 1.65 bits per heavy atom. The van der Waals surface area contributed by atoms with Crippen LogP contribution in [0.5, 0.6) is 0 Å². The molecule has 1 aromatic carbocycles. The van der Waals surface area contributed by atoms with Crippen molar-refractivity contribution < 1.29 is 59.2 Å². The van der Waals surface area contributed by atoms with Crippen LogP contribution in [0.25, 0.3) is 0 Å². The van der Waals surface area contributed by atoms with Gasteiger partial charge < -0.3 is 64.2 Å². The minimum absolute atomic E-state index is 0.168. The molecule has 0 saturated carbocycles. The third kappa shape index (κ3) is 13.3. The number of ether oxygens (including phenoxy) is 5. The summed E-state index contributed by atoms with van der Waals surface area (Å²) in [7, 11) is 5.34. The van der Waals surface area contributed by atoms with Crippen molar-refractivity contribution in [3.8, 4) is 0 Å². The zero-order valence-electron chi connectivity index (χ0n) is 43.7. The number of carbonyl (C=O) groups excluding carboxylic acids is 1. The SMILES string of the molecule is CC[C@H]1OC(=O)[C@H](C)[C@@H](C2C[C@@](C)(OC)[C@@H](O)[C@H](C)O2)[C@H](C)[C@@H](O[C@@H]2O[C@H](C)C[C@H](N(C)CCc3cn(CCc4ccc(/C(C)=N\O)cc4)nn3)[C@H]2O)[C@](C)(O)C[C@@H](C)CN(C)[C@H](C)[C@@H](O)[C@]1(C)O. The first-order chi connectivity index (χ1) is 32.3. The summed E-state index contributed by atoms with van der Waals surface area (Å²) < 4.78 is 34.0. The smallest absolute Gasteiger partial charge is 0.309 e. The molecule has 6 N–H and O–H groups in total. The van der Waals surface area contributed by atoms with Gasteiger partial charge in [-0.2, -0.15) is 0 Å². The Balaban J connectivity index is 1.43. The van der Waals surface area contributed by atoms with E-state index in [4.69, 9.17) is 28.9 Å². The number of methoxy groups -OCH3 is 1. The molecule has 0 spiro atoms. The number of aliphatic hydroxyl groups excluding tert-OH is 3. The first-order valence-corrected chi connectivity index (χ1v) is 25.1. The van der Waals surface area contributed by atoms with Crippen LogP contribution >= 0.6 is 0 Å². The van der Waals surface area contributed by atoms with Crippen LogP contribution in [0, 0.1) is 23.7 Å². The van der Waals surface area contributed by atoms with Crippen molar-refractivity contribution in [3.63, 3.8) is 0 Å². The van der Waals surface area contributed by atoms with Crippen molar-refractivity contribution in [2.45, 2.75) is 205 Å². The Morgan fingerprint density at radius 3 is 2.28 bits per heavy atom. The highest BCUT2D eigenvalue weighted by molar-refractivity contribution is 5.98. The van der Waals surface area contributed by atoms with E-state index in [1.807, 2.05) is 88.8 Å². The normalized spacial score (nSPS) is 40.6. The molecule has 0 bridgehead atoms. The number of nitrogens with zero attached hydrogens (tertiary/aromatic N) is 6. The van der Waals surface area contributed by atoms with E-state index in [1.54, 1.807) is 34.6 Å². The van der Waals surface area contributed by atoms with Gasteiger partial charge in [0.05, 0.1) is 52.9 Å². The van der Waals surface area contributed by atoms with Crippen molar-refractivity contribution in [2.75, 3.05) is 34.3 Å². The van der Waals surface area contributed by atoms with Gasteiger partial charge in [0.25, 0.3) is 0 Å². The van der Waals surface area contributed by atoms with Crippen molar-refractivity contribution >= 4 is 11.7 Å². The fraction of sp³-hybridized carbons (Fsp3) is 0.804. The number of hydrogen-bond donors (Lipinski definition) is 6. The molecular weight excluding hydrogens is 889 g/mol. The molecule has 0 aliphatic carbocycles. The Morgan fingerprint density at radius 1 is 0.986 bits per heavy atom. The van der Waals surface area contributed by atoms with E-state index in [0.717, 1.165) is 23.2 Å². The second-order valence-electron chi connectivity index (χ2n) is 21.6. The largest absolute Gasteiger partial charge is 0.459 e. The van der Waals surface area contributed by atoms with E-state index in [2.05, 4.69) is 20.4 Å². The number of cyclic esters (lactones) is 1. The highest BCUT2D eigenvalue weighted by atomic mass is 16.7. The van der Waals surface area contributed by atoms with Gasteiger partial charge in [-0.25, -0.2) is 0 Å². The summed E-state index contributed by atoms with van der Waals surface area (Å²) in [5.74, 6) is -3.12. The maximum absolute atomic E-state index is 14.6. The molecule has 0 radical (unpaired) electrons. The van der Waals surface area contributed by atoms with Gasteiger partial charge >= 0.3 is 5.97 Å². The molecule has 1 aromatic heterocycles. The van der Waals surface area contributed by atoms with Crippen LogP contribution in [0.3, 0.4) is 0 Å². The topological polar surface area (TPSA) is 234 Å². The number of hydrogen-bond acceptors (Lipinski definition) is 17. The van der Waals surface area contributed by atoms with Crippen molar-refractivity contribution in [1.82, 2.24) is 24.8 Å². The maximum atomic E-state index is 14.6. The first kappa shape index (κ1) is 56.8. The lowest BCUT2D eigenvalue weighted by molar-refractivity contribution is -0.302. The Kier molecular flexibility index (Phi) is 19.4. The number of likely N-dealkylation sites (N-methyl/N-ethyl adjacent to an activating group) is 2. The number of aliphatic hydroxyl groups is 5. The van der Waals surface area contributed by atoms with Crippen LogP contribution in [0.15, 0.2) is 35.6 Å². The van der Waals surface area contributed by atoms with E-state index >= 15 is 0 Å². The second-order valence-corrected chi connectivity index (χ2v) is 21.6. The molecule has 3 saturated heterocycles. The molecule has 392 valence electrons. The third-order valence-electron chi connectivity index (χ3n) is 15.9. The molecule has 3 fully saturated rings. The maximum Gasteiger partial charge on any atom is 0.309 e. The zero-order chi connectivity index (χ0) is 51.3. The van der Waals surface area contributed by atoms with E-state index in [-0.39, 0.29) is 31.3 Å². The molecule has 2 aromatic rings. The fourth-order valence-corrected chi connectivity index (χ4v) is 11.4. The summed E-state index contributed by atoms with van der Waals surface area (Å²) in [6, 6.07) is 6.91. The van der Waals surface area contributed by atoms with Crippen LogP contribution in [-0.2, 0) is 47.9 Å². The van der Waals surface area contributed by atoms with Crippen LogP contribution in [-0.4, -0.2) is 186 Å². The van der Waals surface area contributed by atoms with Gasteiger partial charge in [-0.15, -0.1) is 5.10 Å². The lowest BCUT2D eigenvalue weighted by Gasteiger charge is -2.51. The molecule has 3 aliphatic heterocycles. The molecule has 18 heteroatoms. The highest BCUT2D eigenvalue weighted by Crippen LogP contribution is 2.45. The lowest BCUT2D eigenvalue weighted by Crippen LogP contribution is -2.62. The van der Waals surface area contributed by atoms with E-state index in [9.17, 15) is 30.3 Å². The molecule has 4 heterocycles. The third-order valence-corrected chi connectivity index (χ3v) is 15.9. The Bertz CT molecular complexity index is 1970. The average molecular weight is 975 g/mol. The van der Waals surface area contributed by atoms with Crippen molar-refractivity contribution in [3.05, 3.63) is 47.3 Å². The quantitative estimate of drug-likeness (QED) is 0.0725. The minimum atomic E-state index is -1.81. The number of carbonyl (C=O) groups is 1. The van der Waals surface area contributed by atoms with Crippen molar-refractivity contribution in [2.24, 2.45) is 28.8 Å². The number of benzene rings is 1. The number of rotatable bonds is 13. The summed E-state index contributed by atoms with van der Waals surface area (Å²) >= 11 is 0. The highest BCUT2D eigenvalue weighted by Gasteiger charge is 2.55. The minimum Gasteiger partial charge on any atom is -0.459 e. The Hall–Kier alpha value is -3.14. The predicted molar refractivity (Wildman–Crippen MR) is 260 cm³/mol. The number of aromatic nitrogens is 3. The standard InChI is InChI=1S/C51H86N6O12/c1-15-41-51(11,63)44(59)34(7)56(13)27-29(2)25-49(9,62)46(31(4)42(32(5)47(61)68-41)40-26-50(10,65-14)45(60)35(8)67-40)69-48-43(58)39(24-30(3)66-48)55(12)22-21-38-28-57(54-52-38)23-20-36-16-18-37(19-17-36)33(6)53-64/h16-19,28-32,34-35,39-46,48,58-60,62-64H,15,20-27H2,1-14H3/b53-33-/t29-,30-,31+,32-,34-,35+,39+,40?,41-,42+,43-,44-,45+,46-,48+,49-,50-,51-/m1/s1. The second kappa shape index (κ2) is 23.6. The van der Waals surface area contributed by atoms with E-state index < -0.39 is 102 Å². The number of esters is 1. The van der Waals surface area contributed by atoms with Gasteiger partial charge in [0, 0.05) is 63.8 Å². The fourth-order valence-electron chi connectivity index (χ4n) is 11.4. The molecule has 0 amide bonds. The van der Waals surface area contributed by atoms with Crippen molar-refractivity contribution in [1.29, 1.82) is 0 Å². The molecule has 69 heavy (non-hydrogen) atoms. The predicted octanol–water partition coefficient (Wildman–Crippen LogP) is 3.82. The lowest BCUT2D eigenvalue weighted by atomic mass is 9.68. The van der Waals surface area contributed by atoms with Crippen LogP contribution in [0.1, 0.15) is 119 Å². The summed E-state index contributed by atoms with van der Waals surface area (Å²) in [6.45, 7) is 21.3. The van der Waals surface area contributed by atoms with E-state index in [1.165, 1.54) is 14.0 Å². The molecule has 1 unspecified atom stereocenters. The van der Waals surface area contributed by atoms with Gasteiger partial charge in [0.1, 0.15) is 30.0 Å². The van der Waals surface area contributed by atoms with Gasteiger partial charge in [-0.1, -0.05) is 62.3 Å². The molecule has 18 atom stereocenters. The molecule has 18 nitrogen and oxygen atoms in total. The average Bonchev–Trinajstić information content (AvgIpc) is 3.77. The number of oxime groups is 1. The molecular formula is C51H86N6O12. The summed E-state index contributed by atoms with van der Waals surface area (Å²) in [4.78, 5) is 18.6. The van der Waals surface area contributed by atoms with Gasteiger partial charge in [-0.3, -0.25) is 9.48 Å². The van der Waals surface area contributed by atoms with E-state index in [0.29, 0.717) is 38.2 Å². The zero-order valence-corrected chi connectivity index (χ0v) is 43.7. The van der Waals surface area contributed by atoms with Gasteiger partial charge in [0.2, 0.25) is 0 Å². The Labute approximate surface area is 410 Å². The summed E-state index contributed by atoms with van der Waals surface area (Å²) in [5.41, 5.74) is -1.12. The van der Waals surface area contributed by atoms with Gasteiger partial charge in [-0.05, 0) is 111 Å². The van der Waals surface area contributed by atoms with Gasteiger partial charge in [0.15, 0.2) is 6.29 Å². The number of aryl methyl sites for hydroxylation is 2. The summed E-state index contributed by atoms with van der Waals surface area (Å²) in [5, 5.41) is 81.2. The van der Waals surface area contributed by atoms with Crippen LogP contribution in [0.2, 0.25) is 0 Å². The van der Waals surface area contributed by atoms with Crippen LogP contribution in [0.4, 0.5) is 0 Å². The first-order valence-electron chi connectivity index (χ1n) is 25.1. The molecule has 3 aliphatic rings. The van der Waals surface area contributed by atoms with Crippen LogP contribution < -0.4 is 0 Å². The molecule has 5 rings (SSSR count). The monoisotopic (exact) mass is 975 g/mol. The summed E-state index contributed by atoms with van der Waals surface area (Å²) in [6.07, 6.45) is -4.04.